The maximum absolute atomic E-state index is 11.3. The minimum atomic E-state index is -0.868. The molecule has 1 unspecified atom stereocenters. The highest BCUT2D eigenvalue weighted by molar-refractivity contribution is 5.99. The van der Waals surface area contributed by atoms with E-state index in [9.17, 15) is 4.79 Å². The quantitative estimate of drug-likeness (QED) is 0.453. The van der Waals surface area contributed by atoms with Gasteiger partial charge in [0.05, 0.1) is 5.56 Å². The van der Waals surface area contributed by atoms with Crippen LogP contribution in [-0.4, -0.2) is 17.2 Å². The van der Waals surface area contributed by atoms with Crippen LogP contribution in [0.2, 0.25) is 0 Å². The lowest BCUT2D eigenvalue weighted by Crippen LogP contribution is -2.32. The zero-order chi connectivity index (χ0) is 9.84. The van der Waals surface area contributed by atoms with Crippen LogP contribution in [0.4, 0.5) is 5.69 Å². The Kier molecular flexibility index (Phi) is 2.87. The van der Waals surface area contributed by atoms with Gasteiger partial charge in [0.1, 0.15) is 6.23 Å². The van der Waals surface area contributed by atoms with Crippen LogP contribution < -0.4 is 11.1 Å². The van der Waals surface area contributed by atoms with E-state index in [4.69, 9.17) is 10.8 Å². The van der Waals surface area contributed by atoms with Gasteiger partial charge in [-0.15, -0.1) is 0 Å². The van der Waals surface area contributed by atoms with Crippen LogP contribution in [0.1, 0.15) is 17.3 Å². The van der Waals surface area contributed by atoms with Crippen molar-refractivity contribution in [2.75, 3.05) is 5.73 Å². The fourth-order valence-corrected chi connectivity index (χ4v) is 0.971. The molecule has 4 nitrogen and oxygen atoms in total. The van der Waals surface area contributed by atoms with Crippen LogP contribution in [-0.2, 0) is 0 Å². The number of hydrogen-bond acceptors (Lipinski definition) is 3. The molecule has 0 aliphatic heterocycles. The number of nitrogens with one attached hydrogen (secondary N) is 1. The van der Waals surface area contributed by atoms with E-state index in [1.54, 1.807) is 24.3 Å². The molecule has 4 N–H and O–H groups in total. The summed E-state index contributed by atoms with van der Waals surface area (Å²) in [4.78, 5) is 11.3. The number of nitrogens with two attached hydrogens (primary N) is 1. The van der Waals surface area contributed by atoms with E-state index in [2.05, 4.69) is 5.32 Å². The Balaban J connectivity index is 2.83. The molecular formula is C9H12N2O2. The van der Waals surface area contributed by atoms with Gasteiger partial charge in [0, 0.05) is 5.69 Å². The minimum absolute atomic E-state index is 0.367. The lowest BCUT2D eigenvalue weighted by atomic mass is 10.1. The summed E-state index contributed by atoms with van der Waals surface area (Å²) < 4.78 is 0. The molecular weight excluding hydrogens is 168 g/mol. The molecule has 70 valence electrons. The van der Waals surface area contributed by atoms with Crippen molar-refractivity contribution in [1.29, 1.82) is 0 Å². The molecule has 1 atom stereocenters. The first-order valence-corrected chi connectivity index (χ1v) is 3.94. The minimum Gasteiger partial charge on any atom is -0.398 e. The second-order valence-electron chi connectivity index (χ2n) is 2.74. The molecule has 0 heterocycles. The highest BCUT2D eigenvalue weighted by atomic mass is 16.3. The number of nitrogen functional groups attached to an aromatic ring is 1. The van der Waals surface area contributed by atoms with Gasteiger partial charge in [0.25, 0.3) is 5.91 Å². The summed E-state index contributed by atoms with van der Waals surface area (Å²) >= 11 is 0. The van der Waals surface area contributed by atoms with Crippen molar-refractivity contribution >= 4 is 11.6 Å². The van der Waals surface area contributed by atoms with Crippen molar-refractivity contribution in [3.05, 3.63) is 29.8 Å². The Hall–Kier alpha value is -1.55. The number of aliphatic hydroxyl groups excluding tert-OH is 1. The number of carbonyl (C=O) groups excluding carboxylic acids is 1. The summed E-state index contributed by atoms with van der Waals surface area (Å²) in [6.45, 7) is 1.47. The number of benzene rings is 1. The molecule has 1 rings (SSSR count). The molecule has 0 fully saturated rings. The van der Waals surface area contributed by atoms with Crippen LogP contribution in [0.25, 0.3) is 0 Å². The van der Waals surface area contributed by atoms with Crippen LogP contribution in [0.5, 0.6) is 0 Å². The standard InChI is InChI=1S/C9H12N2O2/c1-6(12)11-9(13)7-4-2-3-5-8(7)10/h2-6,12H,10H2,1H3,(H,11,13). The van der Waals surface area contributed by atoms with Gasteiger partial charge in [-0.05, 0) is 19.1 Å². The molecule has 4 heteroatoms. The van der Waals surface area contributed by atoms with E-state index < -0.39 is 6.23 Å². The summed E-state index contributed by atoms with van der Waals surface area (Å²) in [6, 6.07) is 6.70. The molecule has 0 saturated heterocycles. The lowest BCUT2D eigenvalue weighted by molar-refractivity contribution is 0.0820. The molecule has 0 aliphatic rings. The molecule has 0 aliphatic carbocycles. The Morgan fingerprint density at radius 1 is 1.54 bits per heavy atom. The monoisotopic (exact) mass is 180 g/mol. The zero-order valence-electron chi connectivity index (χ0n) is 7.32. The zero-order valence-corrected chi connectivity index (χ0v) is 7.32. The Bertz CT molecular complexity index is 310. The van der Waals surface area contributed by atoms with E-state index in [1.807, 2.05) is 0 Å². The maximum Gasteiger partial charge on any atom is 0.255 e. The molecule has 1 aromatic rings. The first-order chi connectivity index (χ1) is 6.11. The fraction of sp³-hybridized carbons (Fsp3) is 0.222. The Labute approximate surface area is 76.4 Å². The number of aliphatic hydroxyl groups is 1. The van der Waals surface area contributed by atoms with Crippen molar-refractivity contribution in [2.24, 2.45) is 0 Å². The molecule has 0 spiro atoms. The number of anilines is 1. The van der Waals surface area contributed by atoms with E-state index in [1.165, 1.54) is 6.92 Å². The van der Waals surface area contributed by atoms with Gasteiger partial charge in [0.15, 0.2) is 0 Å². The normalized spacial score (nSPS) is 12.2. The molecule has 13 heavy (non-hydrogen) atoms. The summed E-state index contributed by atoms with van der Waals surface area (Å²) in [6.07, 6.45) is -0.868. The Morgan fingerprint density at radius 2 is 2.15 bits per heavy atom. The highest BCUT2D eigenvalue weighted by Gasteiger charge is 2.09. The predicted molar refractivity (Wildman–Crippen MR) is 50.0 cm³/mol. The van der Waals surface area contributed by atoms with Gasteiger partial charge in [-0.2, -0.15) is 0 Å². The van der Waals surface area contributed by atoms with Gasteiger partial charge in [-0.25, -0.2) is 0 Å². The van der Waals surface area contributed by atoms with Crippen molar-refractivity contribution in [3.63, 3.8) is 0 Å². The summed E-state index contributed by atoms with van der Waals surface area (Å²) in [5.41, 5.74) is 6.34. The molecule has 0 saturated carbocycles. The lowest BCUT2D eigenvalue weighted by Gasteiger charge is -2.08. The number of hydrogen-bond donors (Lipinski definition) is 3. The average Bonchev–Trinajstić information content (AvgIpc) is 2.03. The number of para-hydroxylation sites is 1. The third kappa shape index (κ3) is 2.45. The molecule has 0 aromatic heterocycles. The SMILES string of the molecule is CC(O)NC(=O)c1ccccc1N. The van der Waals surface area contributed by atoms with E-state index >= 15 is 0 Å². The van der Waals surface area contributed by atoms with Gasteiger partial charge < -0.3 is 16.2 Å². The van der Waals surface area contributed by atoms with Crippen molar-refractivity contribution in [3.8, 4) is 0 Å². The number of carbonyl (C=O) groups is 1. The highest BCUT2D eigenvalue weighted by Crippen LogP contribution is 2.09. The van der Waals surface area contributed by atoms with Crippen LogP contribution in [0.3, 0.4) is 0 Å². The summed E-state index contributed by atoms with van der Waals surface area (Å²) in [5, 5.41) is 11.2. The van der Waals surface area contributed by atoms with E-state index in [0.717, 1.165) is 0 Å². The van der Waals surface area contributed by atoms with Crippen LogP contribution >= 0.6 is 0 Å². The molecule has 0 bridgehead atoms. The summed E-state index contributed by atoms with van der Waals surface area (Å²) in [5.74, 6) is -0.367. The van der Waals surface area contributed by atoms with Crippen LogP contribution in [0.15, 0.2) is 24.3 Å². The number of rotatable bonds is 2. The van der Waals surface area contributed by atoms with Gasteiger partial charge >= 0.3 is 0 Å². The van der Waals surface area contributed by atoms with Gasteiger partial charge in [-0.1, -0.05) is 12.1 Å². The second kappa shape index (κ2) is 3.91. The first-order valence-electron chi connectivity index (χ1n) is 3.94. The third-order valence-corrected chi connectivity index (χ3v) is 1.55. The van der Waals surface area contributed by atoms with Crippen molar-refractivity contribution < 1.29 is 9.90 Å². The van der Waals surface area contributed by atoms with Gasteiger partial charge in [0.2, 0.25) is 0 Å². The maximum atomic E-state index is 11.3. The smallest absolute Gasteiger partial charge is 0.255 e. The topological polar surface area (TPSA) is 75.3 Å². The van der Waals surface area contributed by atoms with Crippen LogP contribution in [0, 0.1) is 0 Å². The average molecular weight is 180 g/mol. The van der Waals surface area contributed by atoms with E-state index in [0.29, 0.717) is 11.3 Å². The van der Waals surface area contributed by atoms with Crippen molar-refractivity contribution in [2.45, 2.75) is 13.2 Å². The van der Waals surface area contributed by atoms with E-state index in [-0.39, 0.29) is 5.91 Å². The second-order valence-corrected chi connectivity index (χ2v) is 2.74. The molecule has 1 amide bonds. The number of amides is 1. The molecule has 0 radical (unpaired) electrons. The molecule has 1 aromatic carbocycles. The van der Waals surface area contributed by atoms with Gasteiger partial charge in [-0.3, -0.25) is 4.79 Å². The fourth-order valence-electron chi connectivity index (χ4n) is 0.971. The van der Waals surface area contributed by atoms with Crippen molar-refractivity contribution in [1.82, 2.24) is 5.32 Å². The largest absolute Gasteiger partial charge is 0.398 e. The predicted octanol–water partition coefficient (Wildman–Crippen LogP) is 0.337. The first kappa shape index (κ1) is 9.54. The third-order valence-electron chi connectivity index (χ3n) is 1.55. The Morgan fingerprint density at radius 3 is 2.69 bits per heavy atom. The summed E-state index contributed by atoms with van der Waals surface area (Å²) in [7, 11) is 0.